The van der Waals surface area contributed by atoms with E-state index in [0.29, 0.717) is 34.2 Å². The summed E-state index contributed by atoms with van der Waals surface area (Å²) in [7, 11) is 0. The average molecular weight is 355 g/mol. The van der Waals surface area contributed by atoms with E-state index in [2.05, 4.69) is 15.9 Å². The van der Waals surface area contributed by atoms with E-state index < -0.39 is 0 Å². The molecular weight excluding hydrogens is 342 g/mol. The standard InChI is InChI=1S/C15H13BrClNO2/c1-2-20-14-6-4-10(16)8-11(14)15(19)9-3-5-13(18)12(17)7-9/h3-8H,2,18H2,1H3. The van der Waals surface area contributed by atoms with E-state index in [1.54, 1.807) is 30.3 Å². The van der Waals surface area contributed by atoms with Crippen molar-refractivity contribution in [1.82, 2.24) is 0 Å². The highest BCUT2D eigenvalue weighted by atomic mass is 79.9. The van der Waals surface area contributed by atoms with Gasteiger partial charge in [-0.05, 0) is 43.3 Å². The Labute approximate surface area is 130 Å². The van der Waals surface area contributed by atoms with Crippen LogP contribution in [-0.2, 0) is 0 Å². The summed E-state index contributed by atoms with van der Waals surface area (Å²) in [6, 6.07) is 10.2. The van der Waals surface area contributed by atoms with Crippen molar-refractivity contribution in [3.05, 3.63) is 57.0 Å². The molecule has 0 saturated carbocycles. The highest BCUT2D eigenvalue weighted by Gasteiger charge is 2.16. The van der Waals surface area contributed by atoms with Crippen molar-refractivity contribution in [2.45, 2.75) is 6.92 Å². The predicted molar refractivity (Wildman–Crippen MR) is 84.6 cm³/mol. The second-order valence-corrected chi connectivity index (χ2v) is 5.46. The van der Waals surface area contributed by atoms with E-state index in [1.165, 1.54) is 0 Å². The zero-order chi connectivity index (χ0) is 14.7. The molecule has 0 amide bonds. The molecule has 2 aromatic carbocycles. The van der Waals surface area contributed by atoms with Gasteiger partial charge >= 0.3 is 0 Å². The second-order valence-electron chi connectivity index (χ2n) is 4.14. The molecule has 0 saturated heterocycles. The van der Waals surface area contributed by atoms with Gasteiger partial charge in [0.1, 0.15) is 5.75 Å². The molecule has 5 heteroatoms. The largest absolute Gasteiger partial charge is 0.493 e. The fraction of sp³-hybridized carbons (Fsp3) is 0.133. The van der Waals surface area contributed by atoms with Gasteiger partial charge in [0, 0.05) is 10.0 Å². The highest BCUT2D eigenvalue weighted by Crippen LogP contribution is 2.28. The van der Waals surface area contributed by atoms with Gasteiger partial charge in [0.25, 0.3) is 0 Å². The van der Waals surface area contributed by atoms with Crippen LogP contribution in [0, 0.1) is 0 Å². The topological polar surface area (TPSA) is 52.3 Å². The Morgan fingerprint density at radius 3 is 2.70 bits per heavy atom. The van der Waals surface area contributed by atoms with E-state index in [9.17, 15) is 4.79 Å². The molecule has 2 aromatic rings. The van der Waals surface area contributed by atoms with E-state index in [0.717, 1.165) is 4.47 Å². The van der Waals surface area contributed by atoms with Crippen molar-refractivity contribution in [2.75, 3.05) is 12.3 Å². The Morgan fingerprint density at radius 1 is 1.30 bits per heavy atom. The molecule has 0 atom stereocenters. The lowest BCUT2D eigenvalue weighted by Crippen LogP contribution is -2.06. The Kier molecular flexibility index (Phi) is 4.68. The molecule has 0 aliphatic rings. The molecule has 0 spiro atoms. The van der Waals surface area contributed by atoms with Crippen LogP contribution in [0.5, 0.6) is 5.75 Å². The number of carbonyl (C=O) groups is 1. The first-order valence-electron chi connectivity index (χ1n) is 6.05. The number of halogens is 2. The first-order valence-corrected chi connectivity index (χ1v) is 7.22. The Balaban J connectivity index is 2.46. The number of carbonyl (C=O) groups excluding carboxylic acids is 1. The van der Waals surface area contributed by atoms with Gasteiger partial charge in [-0.15, -0.1) is 0 Å². The van der Waals surface area contributed by atoms with Crippen molar-refractivity contribution in [3.8, 4) is 5.75 Å². The van der Waals surface area contributed by atoms with Crippen LogP contribution in [0.2, 0.25) is 5.02 Å². The van der Waals surface area contributed by atoms with Gasteiger partial charge in [0.05, 0.1) is 22.9 Å². The minimum absolute atomic E-state index is 0.156. The molecule has 0 aromatic heterocycles. The Morgan fingerprint density at radius 2 is 2.05 bits per heavy atom. The van der Waals surface area contributed by atoms with Crippen molar-refractivity contribution < 1.29 is 9.53 Å². The third kappa shape index (κ3) is 3.14. The molecule has 0 fully saturated rings. The summed E-state index contributed by atoms with van der Waals surface area (Å²) < 4.78 is 6.30. The van der Waals surface area contributed by atoms with Crippen molar-refractivity contribution >= 4 is 39.0 Å². The number of rotatable bonds is 4. The third-order valence-electron chi connectivity index (χ3n) is 2.75. The molecule has 0 aliphatic carbocycles. The van der Waals surface area contributed by atoms with Gasteiger partial charge in [0.15, 0.2) is 5.78 Å². The second kappa shape index (κ2) is 6.29. The lowest BCUT2D eigenvalue weighted by atomic mass is 10.0. The molecule has 0 heterocycles. The van der Waals surface area contributed by atoms with Crippen LogP contribution >= 0.6 is 27.5 Å². The van der Waals surface area contributed by atoms with Crippen LogP contribution in [0.4, 0.5) is 5.69 Å². The van der Waals surface area contributed by atoms with Crippen LogP contribution in [0.25, 0.3) is 0 Å². The van der Waals surface area contributed by atoms with Gasteiger partial charge in [-0.1, -0.05) is 27.5 Å². The number of nitrogens with two attached hydrogens (primary N) is 1. The first-order chi connectivity index (χ1) is 9.52. The predicted octanol–water partition coefficient (Wildman–Crippen LogP) is 4.31. The summed E-state index contributed by atoms with van der Waals surface area (Å²) >= 11 is 9.32. The lowest BCUT2D eigenvalue weighted by Gasteiger charge is -2.10. The first kappa shape index (κ1) is 14.9. The summed E-state index contributed by atoms with van der Waals surface area (Å²) in [5.41, 5.74) is 7.06. The summed E-state index contributed by atoms with van der Waals surface area (Å²) in [5.74, 6) is 0.394. The van der Waals surface area contributed by atoms with Gasteiger partial charge in [0.2, 0.25) is 0 Å². The zero-order valence-electron chi connectivity index (χ0n) is 10.8. The smallest absolute Gasteiger partial charge is 0.196 e. The Bertz CT molecular complexity index is 658. The lowest BCUT2D eigenvalue weighted by molar-refractivity contribution is 0.103. The number of hydrogen-bond acceptors (Lipinski definition) is 3. The molecule has 20 heavy (non-hydrogen) atoms. The number of benzene rings is 2. The van der Waals surface area contributed by atoms with Crippen LogP contribution in [0.1, 0.15) is 22.8 Å². The number of hydrogen-bond donors (Lipinski definition) is 1. The SMILES string of the molecule is CCOc1ccc(Br)cc1C(=O)c1ccc(N)c(Cl)c1. The van der Waals surface area contributed by atoms with Crippen molar-refractivity contribution in [1.29, 1.82) is 0 Å². The summed E-state index contributed by atoms with van der Waals surface area (Å²) in [6.45, 7) is 2.36. The minimum atomic E-state index is -0.156. The minimum Gasteiger partial charge on any atom is -0.493 e. The van der Waals surface area contributed by atoms with E-state index in [-0.39, 0.29) is 5.78 Å². The Hall–Kier alpha value is -1.52. The summed E-state index contributed by atoms with van der Waals surface area (Å²) in [4.78, 5) is 12.6. The average Bonchev–Trinajstić information content (AvgIpc) is 2.43. The number of nitrogen functional groups attached to an aromatic ring is 1. The molecular formula is C15H13BrClNO2. The van der Waals surface area contributed by atoms with Gasteiger partial charge < -0.3 is 10.5 Å². The number of ketones is 1. The molecule has 2 N–H and O–H groups in total. The molecule has 0 aliphatic heterocycles. The molecule has 2 rings (SSSR count). The quantitative estimate of drug-likeness (QED) is 0.657. The molecule has 0 bridgehead atoms. The van der Waals surface area contributed by atoms with Crippen molar-refractivity contribution in [3.63, 3.8) is 0 Å². The van der Waals surface area contributed by atoms with Gasteiger partial charge in [-0.25, -0.2) is 0 Å². The zero-order valence-corrected chi connectivity index (χ0v) is 13.2. The van der Waals surface area contributed by atoms with Gasteiger partial charge in [-0.2, -0.15) is 0 Å². The summed E-state index contributed by atoms with van der Waals surface area (Å²) in [5, 5.41) is 0.365. The van der Waals surface area contributed by atoms with Crippen LogP contribution < -0.4 is 10.5 Å². The van der Waals surface area contributed by atoms with Gasteiger partial charge in [-0.3, -0.25) is 4.79 Å². The molecule has 0 radical (unpaired) electrons. The maximum atomic E-state index is 12.6. The third-order valence-corrected chi connectivity index (χ3v) is 3.57. The fourth-order valence-electron chi connectivity index (χ4n) is 1.78. The van der Waals surface area contributed by atoms with E-state index >= 15 is 0 Å². The fourth-order valence-corrected chi connectivity index (χ4v) is 2.33. The summed E-state index contributed by atoms with van der Waals surface area (Å²) in [6.07, 6.45) is 0. The molecule has 104 valence electrons. The van der Waals surface area contributed by atoms with Crippen LogP contribution in [0.3, 0.4) is 0 Å². The van der Waals surface area contributed by atoms with E-state index in [4.69, 9.17) is 22.1 Å². The molecule has 0 unspecified atom stereocenters. The van der Waals surface area contributed by atoms with Crippen LogP contribution in [-0.4, -0.2) is 12.4 Å². The maximum Gasteiger partial charge on any atom is 0.196 e. The monoisotopic (exact) mass is 353 g/mol. The normalized spacial score (nSPS) is 10.3. The van der Waals surface area contributed by atoms with Crippen molar-refractivity contribution in [2.24, 2.45) is 0 Å². The van der Waals surface area contributed by atoms with Crippen LogP contribution in [0.15, 0.2) is 40.9 Å². The highest BCUT2D eigenvalue weighted by molar-refractivity contribution is 9.10. The maximum absolute atomic E-state index is 12.6. The molecule has 3 nitrogen and oxygen atoms in total. The number of ether oxygens (including phenoxy) is 1. The number of anilines is 1. The van der Waals surface area contributed by atoms with E-state index in [1.807, 2.05) is 13.0 Å².